The normalized spacial score (nSPS) is 12.2. The number of ether oxygens (including phenoxy) is 2. The fourth-order valence-corrected chi connectivity index (χ4v) is 2.87. The second-order valence-electron chi connectivity index (χ2n) is 7.48. The maximum absolute atomic E-state index is 13.6. The van der Waals surface area contributed by atoms with Gasteiger partial charge in [0, 0.05) is 11.6 Å². The van der Waals surface area contributed by atoms with E-state index in [-0.39, 0.29) is 22.5 Å². The molecule has 0 unspecified atom stereocenters. The monoisotopic (exact) mass is 408 g/mol. The molecule has 0 aliphatic carbocycles. The number of rotatable bonds is 3. The zero-order valence-electron chi connectivity index (χ0n) is 16.2. The Hall–Kier alpha value is -3.16. The largest absolute Gasteiger partial charge is 0.508 e. The third kappa shape index (κ3) is 4.01. The third-order valence-electron chi connectivity index (χ3n) is 4.30. The van der Waals surface area contributed by atoms with Crippen molar-refractivity contribution in [1.82, 2.24) is 0 Å². The number of aromatic hydroxyl groups is 1. The summed E-state index contributed by atoms with van der Waals surface area (Å²) in [5, 5.41) is 9.37. The Kier molecular flexibility index (Phi) is 4.98. The molecule has 5 nitrogen and oxygen atoms in total. The van der Waals surface area contributed by atoms with Crippen molar-refractivity contribution in [1.29, 1.82) is 0 Å². The van der Waals surface area contributed by atoms with Crippen LogP contribution in [0.2, 0.25) is 0 Å². The average Bonchev–Trinajstić information content (AvgIpc) is 2.62. The molecule has 0 saturated carbocycles. The molecular weight excluding hydrogens is 389 g/mol. The van der Waals surface area contributed by atoms with Crippen LogP contribution in [0.1, 0.15) is 32.1 Å². The van der Waals surface area contributed by atoms with E-state index in [0.717, 1.165) is 6.07 Å². The highest BCUT2D eigenvalue weighted by Gasteiger charge is 2.41. The predicted molar refractivity (Wildman–Crippen MR) is 101 cm³/mol. The molecule has 0 spiro atoms. The SMILES string of the molecule is COc1ccc(Oc2c(C(F)(F)F)oc3cc(O)ccc3c2=O)c(C(C)(C)C)c1. The number of phenols is 1. The number of fused-ring (bicyclic) bond motifs is 1. The summed E-state index contributed by atoms with van der Waals surface area (Å²) < 4.78 is 56.5. The zero-order chi connectivity index (χ0) is 21.6. The molecule has 3 aromatic rings. The molecule has 0 aliphatic rings. The van der Waals surface area contributed by atoms with E-state index in [1.807, 2.05) is 20.8 Å². The summed E-state index contributed by atoms with van der Waals surface area (Å²) in [6.07, 6.45) is -4.98. The third-order valence-corrected chi connectivity index (χ3v) is 4.30. The number of benzene rings is 2. The molecule has 0 fully saturated rings. The Morgan fingerprint density at radius 2 is 1.72 bits per heavy atom. The number of hydrogen-bond acceptors (Lipinski definition) is 5. The molecule has 1 heterocycles. The van der Waals surface area contributed by atoms with Crippen LogP contribution in [0.4, 0.5) is 13.2 Å². The quantitative estimate of drug-likeness (QED) is 0.610. The molecule has 29 heavy (non-hydrogen) atoms. The van der Waals surface area contributed by atoms with Gasteiger partial charge in [0.15, 0.2) is 0 Å². The van der Waals surface area contributed by atoms with E-state index in [1.165, 1.54) is 31.4 Å². The van der Waals surface area contributed by atoms with Crippen LogP contribution in [0.25, 0.3) is 11.0 Å². The van der Waals surface area contributed by atoms with E-state index in [4.69, 9.17) is 13.9 Å². The van der Waals surface area contributed by atoms with Crippen LogP contribution in [0.15, 0.2) is 45.6 Å². The van der Waals surface area contributed by atoms with Crippen molar-refractivity contribution in [2.45, 2.75) is 32.4 Å². The number of phenolic OH excluding ortho intramolecular Hbond substituents is 1. The van der Waals surface area contributed by atoms with Gasteiger partial charge in [-0.15, -0.1) is 0 Å². The van der Waals surface area contributed by atoms with Gasteiger partial charge in [0.2, 0.25) is 11.2 Å². The Bertz CT molecular complexity index is 1120. The molecule has 0 amide bonds. The molecule has 0 atom stereocenters. The Morgan fingerprint density at radius 1 is 1.03 bits per heavy atom. The van der Waals surface area contributed by atoms with Crippen molar-refractivity contribution >= 4 is 11.0 Å². The van der Waals surface area contributed by atoms with E-state index in [9.17, 15) is 23.1 Å². The summed E-state index contributed by atoms with van der Waals surface area (Å²) in [5.41, 5.74) is -1.34. The van der Waals surface area contributed by atoms with Gasteiger partial charge >= 0.3 is 6.18 Å². The lowest BCUT2D eigenvalue weighted by Crippen LogP contribution is -2.17. The molecule has 0 saturated heterocycles. The fourth-order valence-electron chi connectivity index (χ4n) is 2.87. The fraction of sp³-hybridized carbons (Fsp3) is 0.286. The second kappa shape index (κ2) is 7.02. The minimum Gasteiger partial charge on any atom is -0.508 e. The molecule has 0 bridgehead atoms. The number of methoxy groups -OCH3 is 1. The highest BCUT2D eigenvalue weighted by molar-refractivity contribution is 5.79. The Morgan fingerprint density at radius 3 is 2.31 bits per heavy atom. The molecule has 1 aromatic heterocycles. The zero-order valence-corrected chi connectivity index (χ0v) is 16.2. The summed E-state index contributed by atoms with van der Waals surface area (Å²) in [6.45, 7) is 5.56. The van der Waals surface area contributed by atoms with Gasteiger partial charge in [-0.2, -0.15) is 13.2 Å². The molecule has 154 valence electrons. The van der Waals surface area contributed by atoms with Crippen molar-refractivity contribution < 1.29 is 32.2 Å². The van der Waals surface area contributed by atoms with Crippen LogP contribution in [-0.4, -0.2) is 12.2 Å². The van der Waals surface area contributed by atoms with Crippen LogP contribution in [0.5, 0.6) is 23.0 Å². The number of hydrogen-bond donors (Lipinski definition) is 1. The van der Waals surface area contributed by atoms with Crippen LogP contribution in [0.3, 0.4) is 0 Å². The van der Waals surface area contributed by atoms with Gasteiger partial charge in [-0.3, -0.25) is 4.79 Å². The first-order valence-electron chi connectivity index (χ1n) is 8.65. The van der Waals surface area contributed by atoms with Crippen molar-refractivity contribution in [3.05, 3.63) is 57.9 Å². The van der Waals surface area contributed by atoms with Gasteiger partial charge in [0.1, 0.15) is 22.8 Å². The molecular formula is C21H19F3O5. The van der Waals surface area contributed by atoms with Gasteiger partial charge in [0.25, 0.3) is 5.76 Å². The van der Waals surface area contributed by atoms with Gasteiger partial charge in [-0.25, -0.2) is 0 Å². The number of halogens is 3. The van der Waals surface area contributed by atoms with Crippen LogP contribution in [-0.2, 0) is 11.6 Å². The second-order valence-corrected chi connectivity index (χ2v) is 7.48. The minimum absolute atomic E-state index is 0.0780. The molecule has 1 N–H and O–H groups in total. The highest BCUT2D eigenvalue weighted by Crippen LogP contribution is 2.41. The standard InChI is InChI=1S/C21H19F3O5/c1-20(2,3)14-10-12(27-4)6-8-15(14)28-18-17(26)13-7-5-11(25)9-16(13)29-19(18)21(22,23)24/h5-10,25H,1-4H3. The van der Waals surface area contributed by atoms with E-state index >= 15 is 0 Å². The minimum atomic E-state index is -4.98. The van der Waals surface area contributed by atoms with E-state index < -0.39 is 28.5 Å². The molecule has 0 radical (unpaired) electrons. The van der Waals surface area contributed by atoms with Crippen LogP contribution in [0, 0.1) is 0 Å². The molecule has 0 aliphatic heterocycles. The van der Waals surface area contributed by atoms with E-state index in [2.05, 4.69) is 0 Å². The van der Waals surface area contributed by atoms with Crippen LogP contribution >= 0.6 is 0 Å². The summed E-state index contributed by atoms with van der Waals surface area (Å²) in [5.74, 6) is -2.29. The van der Waals surface area contributed by atoms with Crippen LogP contribution < -0.4 is 14.9 Å². The molecule has 3 rings (SSSR count). The lowest BCUT2D eigenvalue weighted by molar-refractivity contribution is -0.154. The van der Waals surface area contributed by atoms with Crippen molar-refractivity contribution in [2.75, 3.05) is 7.11 Å². The number of alkyl halides is 3. The van der Waals surface area contributed by atoms with Crippen molar-refractivity contribution in [2.24, 2.45) is 0 Å². The summed E-state index contributed by atoms with van der Waals surface area (Å²) >= 11 is 0. The van der Waals surface area contributed by atoms with E-state index in [1.54, 1.807) is 6.07 Å². The van der Waals surface area contributed by atoms with Crippen molar-refractivity contribution in [3.63, 3.8) is 0 Å². The van der Waals surface area contributed by atoms with Crippen molar-refractivity contribution in [3.8, 4) is 23.0 Å². The van der Waals surface area contributed by atoms with Gasteiger partial charge in [-0.05, 0) is 35.7 Å². The first kappa shape index (κ1) is 20.6. The van der Waals surface area contributed by atoms with Gasteiger partial charge < -0.3 is 19.0 Å². The topological polar surface area (TPSA) is 68.9 Å². The first-order chi connectivity index (χ1) is 13.4. The summed E-state index contributed by atoms with van der Waals surface area (Å²) in [4.78, 5) is 12.8. The molecule has 2 aromatic carbocycles. The van der Waals surface area contributed by atoms with Gasteiger partial charge in [0.05, 0.1) is 12.5 Å². The van der Waals surface area contributed by atoms with E-state index in [0.29, 0.717) is 11.3 Å². The first-order valence-corrected chi connectivity index (χ1v) is 8.65. The highest BCUT2D eigenvalue weighted by atomic mass is 19.4. The van der Waals surface area contributed by atoms with Gasteiger partial charge in [-0.1, -0.05) is 20.8 Å². The smallest absolute Gasteiger partial charge is 0.453 e. The summed E-state index contributed by atoms with van der Waals surface area (Å²) in [7, 11) is 1.47. The Labute approximate surface area is 164 Å². The molecule has 8 heteroatoms. The maximum atomic E-state index is 13.6. The predicted octanol–water partition coefficient (Wildman–Crippen LogP) is 5.62. The average molecular weight is 408 g/mol. The summed E-state index contributed by atoms with van der Waals surface area (Å²) in [6, 6.07) is 7.93. The Balaban J connectivity index is 2.27. The lowest BCUT2D eigenvalue weighted by Gasteiger charge is -2.23. The maximum Gasteiger partial charge on any atom is 0.453 e. The lowest BCUT2D eigenvalue weighted by atomic mass is 9.86.